The zero-order valence-corrected chi connectivity index (χ0v) is 11.6. The van der Waals surface area contributed by atoms with Crippen molar-refractivity contribution < 1.29 is 4.74 Å². The Kier molecular flexibility index (Phi) is 4.36. The minimum absolute atomic E-state index is 0.423. The highest BCUT2D eigenvalue weighted by Crippen LogP contribution is 2.25. The molecule has 0 spiro atoms. The molecular weight excluding hydrogens is 236 g/mol. The molecule has 0 radical (unpaired) electrons. The van der Waals surface area contributed by atoms with Gasteiger partial charge in [0.25, 0.3) is 0 Å². The van der Waals surface area contributed by atoms with Crippen molar-refractivity contribution in [3.05, 3.63) is 29.3 Å². The Balaban J connectivity index is 1.54. The molecule has 1 saturated heterocycles. The number of ether oxygens (including phenoxy) is 1. The van der Waals surface area contributed by atoms with Gasteiger partial charge in [-0.25, -0.2) is 0 Å². The Hall–Kier alpha value is -1.06. The summed E-state index contributed by atoms with van der Waals surface area (Å²) in [6.45, 7) is 4.00. The van der Waals surface area contributed by atoms with Gasteiger partial charge in [-0.05, 0) is 49.3 Å². The number of fused-ring (bicyclic) bond motifs is 1. The van der Waals surface area contributed by atoms with Crippen molar-refractivity contribution in [1.29, 1.82) is 0 Å². The molecule has 0 aromatic heterocycles. The van der Waals surface area contributed by atoms with Crippen LogP contribution >= 0.6 is 0 Å². The molecule has 0 aliphatic carbocycles. The van der Waals surface area contributed by atoms with Crippen molar-refractivity contribution in [3.63, 3.8) is 0 Å². The lowest BCUT2D eigenvalue weighted by atomic mass is 9.97. The van der Waals surface area contributed by atoms with Crippen molar-refractivity contribution in [2.45, 2.75) is 44.8 Å². The van der Waals surface area contributed by atoms with Gasteiger partial charge in [0.15, 0.2) is 0 Å². The monoisotopic (exact) mass is 260 g/mol. The Labute approximate surface area is 115 Å². The summed E-state index contributed by atoms with van der Waals surface area (Å²) in [5, 5.41) is 7.06. The Morgan fingerprint density at radius 3 is 3.16 bits per heavy atom. The van der Waals surface area contributed by atoms with Gasteiger partial charge in [0, 0.05) is 31.9 Å². The van der Waals surface area contributed by atoms with Gasteiger partial charge in [-0.3, -0.25) is 0 Å². The van der Waals surface area contributed by atoms with Crippen LogP contribution < -0.4 is 10.6 Å². The van der Waals surface area contributed by atoms with E-state index in [2.05, 4.69) is 28.8 Å². The first kappa shape index (κ1) is 12.9. The summed E-state index contributed by atoms with van der Waals surface area (Å²) < 4.78 is 5.75. The van der Waals surface area contributed by atoms with Crippen LogP contribution in [0, 0.1) is 0 Å². The van der Waals surface area contributed by atoms with Crippen molar-refractivity contribution in [2.75, 3.05) is 25.0 Å². The Morgan fingerprint density at radius 2 is 2.26 bits per heavy atom. The largest absolute Gasteiger partial charge is 0.385 e. The molecule has 3 nitrogen and oxygen atoms in total. The van der Waals surface area contributed by atoms with Crippen LogP contribution in [0.4, 0.5) is 5.69 Å². The maximum Gasteiger partial charge on any atom is 0.0699 e. The van der Waals surface area contributed by atoms with Crippen molar-refractivity contribution in [3.8, 4) is 0 Å². The minimum atomic E-state index is 0.423. The average molecular weight is 260 g/mol. The highest BCUT2D eigenvalue weighted by molar-refractivity contribution is 5.56. The first-order valence-electron chi connectivity index (χ1n) is 7.60. The van der Waals surface area contributed by atoms with Crippen molar-refractivity contribution in [1.82, 2.24) is 5.32 Å². The summed E-state index contributed by atoms with van der Waals surface area (Å²) in [6, 6.07) is 6.61. The molecule has 1 atom stereocenters. The normalized spacial score (nSPS) is 22.6. The van der Waals surface area contributed by atoms with E-state index in [0.717, 1.165) is 26.2 Å². The van der Waals surface area contributed by atoms with Gasteiger partial charge in [0.2, 0.25) is 0 Å². The van der Waals surface area contributed by atoms with Crippen LogP contribution in [0.1, 0.15) is 36.8 Å². The second-order valence-electron chi connectivity index (χ2n) is 5.59. The molecule has 19 heavy (non-hydrogen) atoms. The van der Waals surface area contributed by atoms with Gasteiger partial charge in [-0.15, -0.1) is 0 Å². The van der Waals surface area contributed by atoms with Gasteiger partial charge in [0.05, 0.1) is 6.10 Å². The van der Waals surface area contributed by atoms with Gasteiger partial charge in [-0.2, -0.15) is 0 Å². The van der Waals surface area contributed by atoms with Gasteiger partial charge in [0.1, 0.15) is 0 Å². The zero-order valence-electron chi connectivity index (χ0n) is 11.6. The molecule has 1 unspecified atom stereocenters. The lowest BCUT2D eigenvalue weighted by Crippen LogP contribution is -2.31. The average Bonchev–Trinajstić information content (AvgIpc) is 2.49. The van der Waals surface area contributed by atoms with Crippen LogP contribution in [0.2, 0.25) is 0 Å². The molecule has 2 heterocycles. The first-order chi connectivity index (χ1) is 9.43. The Morgan fingerprint density at radius 1 is 1.26 bits per heavy atom. The molecule has 0 saturated carbocycles. The van der Waals surface area contributed by atoms with Crippen LogP contribution in [0.25, 0.3) is 0 Å². The van der Waals surface area contributed by atoms with E-state index in [1.54, 1.807) is 0 Å². The summed E-state index contributed by atoms with van der Waals surface area (Å²) in [5.41, 5.74) is 4.28. The fraction of sp³-hybridized carbons (Fsp3) is 0.625. The van der Waals surface area contributed by atoms with Gasteiger partial charge in [-0.1, -0.05) is 12.1 Å². The van der Waals surface area contributed by atoms with E-state index in [0.29, 0.717) is 6.10 Å². The molecule has 1 aromatic carbocycles. The predicted octanol–water partition coefficient (Wildman–Crippen LogP) is 2.70. The van der Waals surface area contributed by atoms with Crippen LogP contribution in [0.3, 0.4) is 0 Å². The van der Waals surface area contributed by atoms with Crippen molar-refractivity contribution >= 4 is 5.69 Å². The molecule has 3 rings (SSSR count). The van der Waals surface area contributed by atoms with Crippen LogP contribution in [-0.4, -0.2) is 25.8 Å². The number of benzene rings is 1. The summed E-state index contributed by atoms with van der Waals surface area (Å²) in [5.74, 6) is 0. The number of rotatable bonds is 4. The minimum Gasteiger partial charge on any atom is -0.385 e. The third kappa shape index (κ3) is 3.28. The molecule has 104 valence electrons. The molecule has 1 fully saturated rings. The number of hydrogen-bond donors (Lipinski definition) is 2. The molecule has 2 aliphatic heterocycles. The molecule has 2 N–H and O–H groups in total. The van der Waals surface area contributed by atoms with Crippen molar-refractivity contribution in [2.24, 2.45) is 0 Å². The Bertz CT molecular complexity index is 413. The molecule has 1 aromatic rings. The van der Waals surface area contributed by atoms with E-state index >= 15 is 0 Å². The van der Waals surface area contributed by atoms with E-state index in [1.807, 2.05) is 0 Å². The fourth-order valence-electron chi connectivity index (χ4n) is 3.09. The third-order valence-corrected chi connectivity index (χ3v) is 4.15. The summed E-state index contributed by atoms with van der Waals surface area (Å²) >= 11 is 0. The molecule has 3 heteroatoms. The summed E-state index contributed by atoms with van der Waals surface area (Å²) in [7, 11) is 0. The quantitative estimate of drug-likeness (QED) is 0.873. The maximum absolute atomic E-state index is 5.75. The second-order valence-corrected chi connectivity index (χ2v) is 5.59. The van der Waals surface area contributed by atoms with Crippen LogP contribution in [0.5, 0.6) is 0 Å². The van der Waals surface area contributed by atoms with E-state index in [9.17, 15) is 0 Å². The van der Waals surface area contributed by atoms with Gasteiger partial charge < -0.3 is 15.4 Å². The topological polar surface area (TPSA) is 33.3 Å². The molecule has 0 bridgehead atoms. The smallest absolute Gasteiger partial charge is 0.0699 e. The van der Waals surface area contributed by atoms with E-state index < -0.39 is 0 Å². The first-order valence-corrected chi connectivity index (χ1v) is 7.60. The predicted molar refractivity (Wildman–Crippen MR) is 78.6 cm³/mol. The lowest BCUT2D eigenvalue weighted by molar-refractivity contribution is 0.0168. The fourth-order valence-corrected chi connectivity index (χ4v) is 3.09. The lowest BCUT2D eigenvalue weighted by Gasteiger charge is -2.24. The number of nitrogens with one attached hydrogen (secondary N) is 2. The second kappa shape index (κ2) is 6.40. The summed E-state index contributed by atoms with van der Waals surface area (Å²) in [4.78, 5) is 0. The summed E-state index contributed by atoms with van der Waals surface area (Å²) in [6.07, 6.45) is 6.63. The highest BCUT2D eigenvalue weighted by Gasteiger charge is 2.15. The number of anilines is 1. The zero-order chi connectivity index (χ0) is 12.9. The van der Waals surface area contributed by atoms with E-state index in [4.69, 9.17) is 4.74 Å². The third-order valence-electron chi connectivity index (χ3n) is 4.15. The molecular formula is C16H24N2O. The van der Waals surface area contributed by atoms with E-state index in [1.165, 1.54) is 48.9 Å². The van der Waals surface area contributed by atoms with E-state index in [-0.39, 0.29) is 0 Å². The number of hydrogen-bond acceptors (Lipinski definition) is 3. The molecule has 0 amide bonds. The standard InChI is InChI=1S/C16H24N2O/c1-2-10-19-14(6-1)12-17-11-13-5-3-8-16-15(13)7-4-9-18-16/h3,5,8,14,17-18H,1-2,4,6-7,9-12H2. The van der Waals surface area contributed by atoms with Gasteiger partial charge >= 0.3 is 0 Å². The van der Waals surface area contributed by atoms with Crippen LogP contribution in [0.15, 0.2) is 18.2 Å². The molecule has 2 aliphatic rings. The maximum atomic E-state index is 5.75. The highest BCUT2D eigenvalue weighted by atomic mass is 16.5. The van der Waals surface area contributed by atoms with Crippen LogP contribution in [-0.2, 0) is 17.7 Å². The SMILES string of the molecule is c1cc(CNCC2CCCCO2)c2c(c1)NCCC2.